The van der Waals surface area contributed by atoms with Crippen molar-refractivity contribution in [2.24, 2.45) is 17.6 Å². The number of piperidine rings is 1. The van der Waals surface area contributed by atoms with E-state index in [1.807, 2.05) is 6.07 Å². The van der Waals surface area contributed by atoms with Crippen LogP contribution in [-0.4, -0.2) is 19.6 Å². The van der Waals surface area contributed by atoms with Gasteiger partial charge in [-0.2, -0.15) is 0 Å². The van der Waals surface area contributed by atoms with E-state index in [0.29, 0.717) is 6.54 Å². The Labute approximate surface area is 115 Å². The molecule has 106 valence electrons. The van der Waals surface area contributed by atoms with Crippen LogP contribution in [-0.2, 0) is 6.42 Å². The van der Waals surface area contributed by atoms with E-state index >= 15 is 0 Å². The third-order valence-corrected chi connectivity index (χ3v) is 4.28. The third kappa shape index (κ3) is 3.27. The highest BCUT2D eigenvalue weighted by molar-refractivity contribution is 5.55. The number of halogens is 1. The Hall–Kier alpha value is -1.09. The van der Waals surface area contributed by atoms with Gasteiger partial charge in [-0.1, -0.05) is 26.0 Å². The molecule has 0 saturated carbocycles. The second-order valence-corrected chi connectivity index (χ2v) is 5.85. The summed E-state index contributed by atoms with van der Waals surface area (Å²) in [5.41, 5.74) is 7.46. The summed E-state index contributed by atoms with van der Waals surface area (Å²) in [5.74, 6) is 1.40. The van der Waals surface area contributed by atoms with Crippen LogP contribution in [0.2, 0.25) is 0 Å². The first-order chi connectivity index (χ1) is 9.13. The smallest absolute Gasteiger partial charge is 0.146 e. The number of rotatable bonds is 4. The Bertz CT molecular complexity index is 409. The predicted molar refractivity (Wildman–Crippen MR) is 78.9 cm³/mol. The summed E-state index contributed by atoms with van der Waals surface area (Å²) < 4.78 is 14.1. The molecule has 1 fully saturated rings. The summed E-state index contributed by atoms with van der Waals surface area (Å²) in [6.45, 7) is 7.05. The third-order valence-electron chi connectivity index (χ3n) is 4.28. The molecule has 0 atom stereocenters. The molecule has 0 aliphatic carbocycles. The molecule has 1 aromatic rings. The van der Waals surface area contributed by atoms with E-state index in [1.54, 1.807) is 12.1 Å². The number of hydrogen-bond donors (Lipinski definition) is 1. The minimum absolute atomic E-state index is 0.103. The Morgan fingerprint density at radius 2 is 2.00 bits per heavy atom. The highest BCUT2D eigenvalue weighted by Crippen LogP contribution is 2.31. The van der Waals surface area contributed by atoms with Crippen molar-refractivity contribution in [1.29, 1.82) is 0 Å². The van der Waals surface area contributed by atoms with E-state index in [1.165, 1.54) is 0 Å². The molecular formula is C16H25FN2. The van der Waals surface area contributed by atoms with Crippen molar-refractivity contribution < 1.29 is 4.39 Å². The van der Waals surface area contributed by atoms with Gasteiger partial charge in [-0.3, -0.25) is 0 Å². The summed E-state index contributed by atoms with van der Waals surface area (Å²) in [6, 6.07) is 5.34. The second kappa shape index (κ2) is 6.38. The predicted octanol–water partition coefficient (Wildman–Crippen LogP) is 3.20. The summed E-state index contributed by atoms with van der Waals surface area (Å²) in [7, 11) is 0. The molecule has 1 aromatic carbocycles. The normalized spacial score (nSPS) is 17.2. The molecule has 1 aliphatic rings. The van der Waals surface area contributed by atoms with E-state index in [0.717, 1.165) is 55.4 Å². The van der Waals surface area contributed by atoms with Gasteiger partial charge in [0.05, 0.1) is 5.69 Å². The molecule has 19 heavy (non-hydrogen) atoms. The molecule has 1 saturated heterocycles. The Balaban J connectivity index is 2.14. The Kier molecular flexibility index (Phi) is 4.81. The minimum atomic E-state index is -0.103. The van der Waals surface area contributed by atoms with E-state index in [2.05, 4.69) is 18.7 Å². The van der Waals surface area contributed by atoms with E-state index in [-0.39, 0.29) is 5.82 Å². The first-order valence-electron chi connectivity index (χ1n) is 7.36. The Morgan fingerprint density at radius 3 is 2.58 bits per heavy atom. The first-order valence-corrected chi connectivity index (χ1v) is 7.36. The van der Waals surface area contributed by atoms with Crippen molar-refractivity contribution >= 4 is 5.69 Å². The fourth-order valence-electron chi connectivity index (χ4n) is 3.06. The molecule has 1 heterocycles. The lowest BCUT2D eigenvalue weighted by molar-refractivity contribution is 0.310. The fraction of sp³-hybridized carbons (Fsp3) is 0.625. The second-order valence-electron chi connectivity index (χ2n) is 5.85. The highest BCUT2D eigenvalue weighted by Gasteiger charge is 2.24. The zero-order valence-electron chi connectivity index (χ0n) is 12.0. The van der Waals surface area contributed by atoms with Crippen molar-refractivity contribution in [3.05, 3.63) is 29.6 Å². The van der Waals surface area contributed by atoms with Crippen molar-refractivity contribution in [1.82, 2.24) is 0 Å². The lowest BCUT2D eigenvalue weighted by Gasteiger charge is -2.36. The summed E-state index contributed by atoms with van der Waals surface area (Å²) >= 11 is 0. The zero-order valence-corrected chi connectivity index (χ0v) is 12.0. The van der Waals surface area contributed by atoms with E-state index in [9.17, 15) is 4.39 Å². The van der Waals surface area contributed by atoms with Gasteiger partial charge in [0, 0.05) is 13.1 Å². The molecule has 3 heteroatoms. The summed E-state index contributed by atoms with van der Waals surface area (Å²) in [5, 5.41) is 0. The number of benzene rings is 1. The molecule has 0 amide bonds. The summed E-state index contributed by atoms with van der Waals surface area (Å²) in [6.07, 6.45) is 3.07. The number of nitrogens with two attached hydrogens (primary N) is 1. The molecule has 2 nitrogen and oxygen atoms in total. The van der Waals surface area contributed by atoms with Crippen LogP contribution in [0.25, 0.3) is 0 Å². The molecule has 2 N–H and O–H groups in total. The lowest BCUT2D eigenvalue weighted by Crippen LogP contribution is -2.36. The van der Waals surface area contributed by atoms with Gasteiger partial charge in [-0.25, -0.2) is 4.39 Å². The van der Waals surface area contributed by atoms with Crippen LogP contribution in [0.3, 0.4) is 0 Å². The SMILES string of the molecule is CC(C)C1CCN(c2c(F)cccc2CCN)CC1. The van der Waals surface area contributed by atoms with Gasteiger partial charge in [0.15, 0.2) is 0 Å². The van der Waals surface area contributed by atoms with Crippen molar-refractivity contribution in [3.63, 3.8) is 0 Å². The van der Waals surface area contributed by atoms with Gasteiger partial charge < -0.3 is 10.6 Å². The van der Waals surface area contributed by atoms with Gasteiger partial charge in [-0.05, 0) is 49.3 Å². The molecule has 0 unspecified atom stereocenters. The maximum atomic E-state index is 14.1. The molecule has 0 aromatic heterocycles. The van der Waals surface area contributed by atoms with Crippen molar-refractivity contribution in [2.45, 2.75) is 33.1 Å². The van der Waals surface area contributed by atoms with E-state index in [4.69, 9.17) is 5.73 Å². The first kappa shape index (κ1) is 14.3. The summed E-state index contributed by atoms with van der Waals surface area (Å²) in [4.78, 5) is 2.21. The number of para-hydroxylation sites is 1. The molecular weight excluding hydrogens is 239 g/mol. The average molecular weight is 264 g/mol. The maximum absolute atomic E-state index is 14.1. The minimum Gasteiger partial charge on any atom is -0.369 e. The van der Waals surface area contributed by atoms with Crippen LogP contribution in [0.1, 0.15) is 32.3 Å². The topological polar surface area (TPSA) is 29.3 Å². The Morgan fingerprint density at radius 1 is 1.32 bits per heavy atom. The number of anilines is 1. The standard InChI is InChI=1S/C16H25FN2/c1-12(2)13-7-10-19(11-8-13)16-14(6-9-18)4-3-5-15(16)17/h3-5,12-13H,6-11,18H2,1-2H3. The van der Waals surface area contributed by atoms with Crippen LogP contribution in [0, 0.1) is 17.7 Å². The molecule has 0 spiro atoms. The fourth-order valence-corrected chi connectivity index (χ4v) is 3.06. The quantitative estimate of drug-likeness (QED) is 0.905. The molecule has 0 radical (unpaired) electrons. The highest BCUT2D eigenvalue weighted by atomic mass is 19.1. The van der Waals surface area contributed by atoms with Crippen LogP contribution in [0.4, 0.5) is 10.1 Å². The lowest BCUT2D eigenvalue weighted by atomic mass is 9.86. The van der Waals surface area contributed by atoms with Gasteiger partial charge >= 0.3 is 0 Å². The van der Waals surface area contributed by atoms with Gasteiger partial charge in [0.25, 0.3) is 0 Å². The molecule has 2 rings (SSSR count). The maximum Gasteiger partial charge on any atom is 0.146 e. The van der Waals surface area contributed by atoms with Gasteiger partial charge in [0.2, 0.25) is 0 Å². The van der Waals surface area contributed by atoms with Gasteiger partial charge in [-0.15, -0.1) is 0 Å². The average Bonchev–Trinajstić information content (AvgIpc) is 2.39. The monoisotopic (exact) mass is 264 g/mol. The molecule has 1 aliphatic heterocycles. The van der Waals surface area contributed by atoms with E-state index < -0.39 is 0 Å². The van der Waals surface area contributed by atoms with Gasteiger partial charge in [0.1, 0.15) is 5.82 Å². The van der Waals surface area contributed by atoms with Crippen LogP contribution >= 0.6 is 0 Å². The van der Waals surface area contributed by atoms with Crippen molar-refractivity contribution in [3.8, 4) is 0 Å². The number of hydrogen-bond acceptors (Lipinski definition) is 2. The zero-order chi connectivity index (χ0) is 13.8. The van der Waals surface area contributed by atoms with Crippen LogP contribution in [0.5, 0.6) is 0 Å². The van der Waals surface area contributed by atoms with Crippen molar-refractivity contribution in [2.75, 3.05) is 24.5 Å². The number of nitrogens with zero attached hydrogens (tertiary/aromatic N) is 1. The van der Waals surface area contributed by atoms with Crippen LogP contribution < -0.4 is 10.6 Å². The molecule has 0 bridgehead atoms. The van der Waals surface area contributed by atoms with Crippen LogP contribution in [0.15, 0.2) is 18.2 Å². The largest absolute Gasteiger partial charge is 0.369 e.